The summed E-state index contributed by atoms with van der Waals surface area (Å²) in [4.78, 5) is 19.4. The molecule has 34 heavy (non-hydrogen) atoms. The lowest BCUT2D eigenvalue weighted by molar-refractivity contribution is 0.0214. The monoisotopic (exact) mass is 499 g/mol. The zero-order chi connectivity index (χ0) is 24.0. The molecule has 0 N–H and O–H groups in total. The Morgan fingerprint density at radius 3 is 2.53 bits per heavy atom. The van der Waals surface area contributed by atoms with Gasteiger partial charge in [-0.15, -0.1) is 21.5 Å². The Morgan fingerprint density at radius 1 is 1.12 bits per heavy atom. The number of thiazole rings is 1. The summed E-state index contributed by atoms with van der Waals surface area (Å²) < 4.78 is 7.81. The molecule has 1 aliphatic heterocycles. The Balaban J connectivity index is 1.44. The first-order valence-electron chi connectivity index (χ1n) is 11.8. The van der Waals surface area contributed by atoms with Gasteiger partial charge in [0.15, 0.2) is 5.82 Å². The molecule has 2 aromatic heterocycles. The van der Waals surface area contributed by atoms with Gasteiger partial charge in [-0.2, -0.15) is 0 Å². The second-order valence-electron chi connectivity index (χ2n) is 10.3. The Morgan fingerprint density at radius 2 is 1.85 bits per heavy atom. The number of aromatic nitrogens is 4. The number of halogens is 1. The lowest BCUT2D eigenvalue weighted by Gasteiger charge is -2.27. The Labute approximate surface area is 209 Å². The molecule has 1 aliphatic carbocycles. The summed E-state index contributed by atoms with van der Waals surface area (Å²) >= 11 is 8.12. The predicted molar refractivity (Wildman–Crippen MR) is 133 cm³/mol. The maximum atomic E-state index is 13.0. The summed E-state index contributed by atoms with van der Waals surface area (Å²) in [5, 5.41) is 13.2. The highest BCUT2D eigenvalue weighted by Crippen LogP contribution is 2.42. The van der Waals surface area contributed by atoms with Gasteiger partial charge < -0.3 is 4.74 Å². The van der Waals surface area contributed by atoms with Gasteiger partial charge in [-0.3, -0.25) is 9.47 Å². The van der Waals surface area contributed by atoms with E-state index in [1.165, 1.54) is 5.01 Å². The first kappa shape index (κ1) is 23.3. The van der Waals surface area contributed by atoms with Crippen LogP contribution < -0.4 is 0 Å². The van der Waals surface area contributed by atoms with Crippen molar-refractivity contribution < 1.29 is 9.53 Å². The van der Waals surface area contributed by atoms with Crippen LogP contribution in [0.5, 0.6) is 0 Å². The highest BCUT2D eigenvalue weighted by Gasteiger charge is 2.33. The molecule has 3 aromatic rings. The summed E-state index contributed by atoms with van der Waals surface area (Å²) in [6, 6.07) is 5.82. The van der Waals surface area contributed by atoms with Gasteiger partial charge in [0.1, 0.15) is 11.4 Å². The molecule has 0 spiro atoms. The van der Waals surface area contributed by atoms with Crippen molar-refractivity contribution >= 4 is 29.0 Å². The standard InChI is InChI=1S/C25H30ClN5O2S/c1-15-14-34-23(27-15)17-7-5-16(6-8-17)22-29-28-21-13-30(24(32)33-25(2,3)4)12-18-11-19(26)9-10-20(18)31(21)22/h9-11,14,16-17H,5-8,12-13H2,1-4H3/t16-,17-. The molecule has 180 valence electrons. The van der Waals surface area contributed by atoms with E-state index in [-0.39, 0.29) is 6.09 Å². The average Bonchev–Trinajstić information content (AvgIpc) is 3.35. The third-order valence-electron chi connectivity index (χ3n) is 6.46. The molecular weight excluding hydrogens is 470 g/mol. The third-order valence-corrected chi connectivity index (χ3v) is 7.82. The van der Waals surface area contributed by atoms with Crippen molar-refractivity contribution in [2.75, 3.05) is 0 Å². The lowest BCUT2D eigenvalue weighted by atomic mass is 9.82. The normalized spacial score (nSPS) is 20.4. The molecule has 9 heteroatoms. The molecule has 1 saturated carbocycles. The number of ether oxygens (including phenoxy) is 1. The number of nitrogens with zero attached hydrogens (tertiary/aromatic N) is 5. The number of carbonyl (C=O) groups excluding carboxylic acids is 1. The van der Waals surface area contributed by atoms with Crippen molar-refractivity contribution in [2.24, 2.45) is 0 Å². The summed E-state index contributed by atoms with van der Waals surface area (Å²) in [5.41, 5.74) is 2.48. The fraction of sp³-hybridized carbons (Fsp3) is 0.520. The molecule has 0 saturated heterocycles. The number of benzene rings is 1. The second-order valence-corrected chi connectivity index (χ2v) is 11.6. The maximum Gasteiger partial charge on any atom is 0.411 e. The van der Waals surface area contributed by atoms with E-state index in [0.717, 1.165) is 54.3 Å². The van der Waals surface area contributed by atoms with Gasteiger partial charge in [0.25, 0.3) is 0 Å². The van der Waals surface area contributed by atoms with Crippen LogP contribution in [-0.2, 0) is 17.8 Å². The molecule has 0 atom stereocenters. The minimum absolute atomic E-state index is 0.315. The van der Waals surface area contributed by atoms with Crippen LogP contribution in [-0.4, -0.2) is 36.3 Å². The first-order chi connectivity index (χ1) is 16.2. The SMILES string of the molecule is Cc1csc([C@H]2CC[C@H](c3nnc4n3-c3ccc(Cl)cc3CN(C(=O)OC(C)(C)C)C4)CC2)n1. The van der Waals surface area contributed by atoms with Gasteiger partial charge in [-0.05, 0) is 77.1 Å². The van der Waals surface area contributed by atoms with Crippen molar-refractivity contribution in [2.45, 2.75) is 83.9 Å². The van der Waals surface area contributed by atoms with E-state index < -0.39 is 5.60 Å². The highest BCUT2D eigenvalue weighted by atomic mass is 35.5. The Hall–Kier alpha value is -2.45. The molecule has 3 heterocycles. The zero-order valence-electron chi connectivity index (χ0n) is 20.0. The Kier molecular flexibility index (Phi) is 6.14. The summed E-state index contributed by atoms with van der Waals surface area (Å²) in [7, 11) is 0. The maximum absolute atomic E-state index is 13.0. The van der Waals surface area contributed by atoms with Crippen LogP contribution in [0.25, 0.3) is 5.69 Å². The molecule has 1 amide bonds. The van der Waals surface area contributed by atoms with Gasteiger partial charge in [0.2, 0.25) is 0 Å². The van der Waals surface area contributed by atoms with E-state index in [4.69, 9.17) is 21.3 Å². The molecule has 1 fully saturated rings. The number of hydrogen-bond acceptors (Lipinski definition) is 6. The van der Waals surface area contributed by atoms with Gasteiger partial charge in [-0.25, -0.2) is 9.78 Å². The van der Waals surface area contributed by atoms with Crippen LogP contribution in [0.2, 0.25) is 5.02 Å². The largest absolute Gasteiger partial charge is 0.444 e. The topological polar surface area (TPSA) is 73.1 Å². The smallest absolute Gasteiger partial charge is 0.411 e. The van der Waals surface area contributed by atoms with Crippen molar-refractivity contribution in [1.82, 2.24) is 24.6 Å². The lowest BCUT2D eigenvalue weighted by Crippen LogP contribution is -2.35. The summed E-state index contributed by atoms with van der Waals surface area (Å²) in [5.74, 6) is 2.56. The van der Waals surface area contributed by atoms with E-state index >= 15 is 0 Å². The van der Waals surface area contributed by atoms with E-state index in [0.29, 0.717) is 29.9 Å². The number of carbonyl (C=O) groups is 1. The molecule has 7 nitrogen and oxygen atoms in total. The molecule has 0 unspecified atom stereocenters. The number of rotatable bonds is 2. The fourth-order valence-corrected chi connectivity index (χ4v) is 6.07. The quantitative estimate of drug-likeness (QED) is 0.409. The number of fused-ring (bicyclic) bond motifs is 3. The third kappa shape index (κ3) is 4.70. The van der Waals surface area contributed by atoms with Crippen LogP contribution in [0, 0.1) is 6.92 Å². The van der Waals surface area contributed by atoms with Crippen LogP contribution >= 0.6 is 22.9 Å². The van der Waals surface area contributed by atoms with Crippen molar-refractivity contribution in [1.29, 1.82) is 0 Å². The van der Waals surface area contributed by atoms with E-state index in [1.54, 1.807) is 16.2 Å². The molecule has 0 bridgehead atoms. The van der Waals surface area contributed by atoms with Gasteiger partial charge in [0.05, 0.1) is 23.8 Å². The molecule has 1 aromatic carbocycles. The van der Waals surface area contributed by atoms with Gasteiger partial charge in [0, 0.05) is 27.9 Å². The molecule has 5 rings (SSSR count). The fourth-order valence-electron chi connectivity index (χ4n) is 4.90. The minimum atomic E-state index is -0.575. The number of hydrogen-bond donors (Lipinski definition) is 0. The van der Waals surface area contributed by atoms with E-state index in [2.05, 4.69) is 27.1 Å². The zero-order valence-corrected chi connectivity index (χ0v) is 21.6. The number of amides is 1. The summed E-state index contributed by atoms with van der Waals surface area (Å²) in [6.07, 6.45) is 3.91. The highest BCUT2D eigenvalue weighted by molar-refractivity contribution is 7.09. The van der Waals surface area contributed by atoms with Crippen molar-refractivity contribution in [3.05, 3.63) is 56.5 Å². The number of aryl methyl sites for hydroxylation is 1. The van der Waals surface area contributed by atoms with Crippen LogP contribution in [0.4, 0.5) is 4.79 Å². The van der Waals surface area contributed by atoms with Crippen molar-refractivity contribution in [3.8, 4) is 5.69 Å². The van der Waals surface area contributed by atoms with Gasteiger partial charge >= 0.3 is 6.09 Å². The van der Waals surface area contributed by atoms with E-state index in [1.807, 2.05) is 39.0 Å². The van der Waals surface area contributed by atoms with Crippen LogP contribution in [0.15, 0.2) is 23.6 Å². The average molecular weight is 500 g/mol. The van der Waals surface area contributed by atoms with Crippen LogP contribution in [0.1, 0.15) is 86.2 Å². The van der Waals surface area contributed by atoms with Crippen molar-refractivity contribution in [3.63, 3.8) is 0 Å². The second kappa shape index (κ2) is 8.96. The first-order valence-corrected chi connectivity index (χ1v) is 13.1. The molecule has 0 radical (unpaired) electrons. The predicted octanol–water partition coefficient (Wildman–Crippen LogP) is 6.38. The molecular formula is C25H30ClN5O2S. The Bertz CT molecular complexity index is 1210. The van der Waals surface area contributed by atoms with E-state index in [9.17, 15) is 4.79 Å². The molecule has 2 aliphatic rings. The summed E-state index contributed by atoms with van der Waals surface area (Å²) in [6.45, 7) is 8.42. The minimum Gasteiger partial charge on any atom is -0.444 e. The van der Waals surface area contributed by atoms with Crippen LogP contribution in [0.3, 0.4) is 0 Å². The van der Waals surface area contributed by atoms with Gasteiger partial charge in [-0.1, -0.05) is 11.6 Å².